The topological polar surface area (TPSA) is 52.0 Å². The minimum Gasteiger partial charge on any atom is -0.454 e. The third kappa shape index (κ3) is 3.23. The average molecular weight is 246 g/mol. The van der Waals surface area contributed by atoms with Crippen LogP contribution in [0.25, 0.3) is 0 Å². The zero-order chi connectivity index (χ0) is 12.8. The van der Waals surface area contributed by atoms with Crippen molar-refractivity contribution in [3.63, 3.8) is 0 Å². The van der Waals surface area contributed by atoms with Crippen molar-refractivity contribution in [3.05, 3.63) is 30.7 Å². The molecule has 2 aromatic heterocycles. The fraction of sp³-hybridized carbons (Fsp3) is 0.385. The van der Waals surface area contributed by atoms with Gasteiger partial charge in [0.25, 0.3) is 0 Å². The van der Waals surface area contributed by atoms with Crippen LogP contribution < -0.4 is 10.1 Å². The number of nitrogens with zero attached hydrogens (tertiary/aromatic N) is 3. The van der Waals surface area contributed by atoms with Crippen molar-refractivity contribution in [3.8, 4) is 11.5 Å². The van der Waals surface area contributed by atoms with Gasteiger partial charge in [-0.25, -0.2) is 4.98 Å². The van der Waals surface area contributed by atoms with Gasteiger partial charge in [0, 0.05) is 25.4 Å². The molecule has 0 amide bonds. The molecule has 0 aliphatic rings. The highest BCUT2D eigenvalue weighted by molar-refractivity contribution is 5.41. The molecule has 0 saturated carbocycles. The number of aromatic nitrogens is 3. The molecule has 0 aliphatic heterocycles. The summed E-state index contributed by atoms with van der Waals surface area (Å²) in [6.07, 6.45) is 6.41. The van der Waals surface area contributed by atoms with E-state index in [2.05, 4.69) is 22.3 Å². The second-order valence-electron chi connectivity index (χ2n) is 3.95. The van der Waals surface area contributed by atoms with Gasteiger partial charge in [-0.2, -0.15) is 5.10 Å². The van der Waals surface area contributed by atoms with Gasteiger partial charge in [0.1, 0.15) is 11.6 Å². The van der Waals surface area contributed by atoms with E-state index >= 15 is 0 Å². The Bertz CT molecular complexity index is 495. The van der Waals surface area contributed by atoms with Gasteiger partial charge in [-0.05, 0) is 19.4 Å². The van der Waals surface area contributed by atoms with Crippen LogP contribution in [0.1, 0.15) is 20.3 Å². The van der Waals surface area contributed by atoms with Crippen LogP contribution in [-0.2, 0) is 6.54 Å². The highest BCUT2D eigenvalue weighted by Gasteiger charge is 2.02. The molecule has 0 radical (unpaired) electrons. The normalized spacial score (nSPS) is 10.3. The van der Waals surface area contributed by atoms with E-state index in [1.54, 1.807) is 12.4 Å². The summed E-state index contributed by atoms with van der Waals surface area (Å²) in [4.78, 5) is 4.19. The van der Waals surface area contributed by atoms with Crippen molar-refractivity contribution in [1.29, 1.82) is 0 Å². The predicted molar refractivity (Wildman–Crippen MR) is 71.0 cm³/mol. The van der Waals surface area contributed by atoms with Crippen molar-refractivity contribution >= 4 is 5.82 Å². The van der Waals surface area contributed by atoms with E-state index in [1.807, 2.05) is 29.9 Å². The van der Waals surface area contributed by atoms with E-state index in [0.29, 0.717) is 0 Å². The Hall–Kier alpha value is -2.04. The largest absolute Gasteiger partial charge is 0.454 e. The molecule has 0 atom stereocenters. The van der Waals surface area contributed by atoms with Crippen LogP contribution in [0.4, 0.5) is 5.82 Å². The average Bonchev–Trinajstić information content (AvgIpc) is 2.78. The number of anilines is 1. The number of rotatable bonds is 6. The van der Waals surface area contributed by atoms with Crippen molar-refractivity contribution in [2.24, 2.45) is 0 Å². The molecule has 0 aliphatic carbocycles. The van der Waals surface area contributed by atoms with E-state index in [9.17, 15) is 0 Å². The lowest BCUT2D eigenvalue weighted by Gasteiger charge is -2.05. The summed E-state index contributed by atoms with van der Waals surface area (Å²) in [5, 5.41) is 7.37. The van der Waals surface area contributed by atoms with E-state index in [1.165, 1.54) is 0 Å². The molecular weight excluding hydrogens is 228 g/mol. The Labute approximate surface area is 107 Å². The highest BCUT2D eigenvalue weighted by Crippen LogP contribution is 2.22. The summed E-state index contributed by atoms with van der Waals surface area (Å²) >= 11 is 0. The van der Waals surface area contributed by atoms with Crippen LogP contribution >= 0.6 is 0 Å². The fourth-order valence-corrected chi connectivity index (χ4v) is 1.64. The SMILES string of the molecule is CCCn1cc(Oc2ccnc(NCC)c2)cn1. The summed E-state index contributed by atoms with van der Waals surface area (Å²) < 4.78 is 7.61. The number of nitrogens with one attached hydrogen (secondary N) is 1. The summed E-state index contributed by atoms with van der Waals surface area (Å²) in [7, 11) is 0. The molecule has 2 rings (SSSR count). The van der Waals surface area contributed by atoms with Crippen LogP contribution in [0.2, 0.25) is 0 Å². The van der Waals surface area contributed by atoms with E-state index in [-0.39, 0.29) is 0 Å². The minimum atomic E-state index is 0.747. The summed E-state index contributed by atoms with van der Waals surface area (Å²) in [5.74, 6) is 2.32. The molecule has 2 aromatic rings. The first-order valence-electron chi connectivity index (χ1n) is 6.22. The van der Waals surface area contributed by atoms with Gasteiger partial charge < -0.3 is 10.1 Å². The monoisotopic (exact) mass is 246 g/mol. The van der Waals surface area contributed by atoms with E-state index < -0.39 is 0 Å². The van der Waals surface area contributed by atoms with Gasteiger partial charge in [-0.3, -0.25) is 4.68 Å². The molecule has 2 heterocycles. The molecular formula is C13H18N4O. The van der Waals surface area contributed by atoms with Crippen LogP contribution in [0.15, 0.2) is 30.7 Å². The molecule has 5 heteroatoms. The van der Waals surface area contributed by atoms with E-state index in [4.69, 9.17) is 4.74 Å². The van der Waals surface area contributed by atoms with Crippen molar-refractivity contribution in [2.45, 2.75) is 26.8 Å². The van der Waals surface area contributed by atoms with Crippen molar-refractivity contribution in [1.82, 2.24) is 14.8 Å². The first-order chi connectivity index (χ1) is 8.81. The second-order valence-corrected chi connectivity index (χ2v) is 3.95. The Balaban J connectivity index is 2.05. The molecule has 5 nitrogen and oxygen atoms in total. The number of aryl methyl sites for hydroxylation is 1. The van der Waals surface area contributed by atoms with Gasteiger partial charge in [-0.1, -0.05) is 6.92 Å². The third-order valence-corrected chi connectivity index (χ3v) is 2.39. The lowest BCUT2D eigenvalue weighted by molar-refractivity contribution is 0.480. The van der Waals surface area contributed by atoms with Gasteiger partial charge in [-0.15, -0.1) is 0 Å². The summed E-state index contributed by atoms with van der Waals surface area (Å²) in [5.41, 5.74) is 0. The van der Waals surface area contributed by atoms with Crippen LogP contribution in [0, 0.1) is 0 Å². The summed E-state index contributed by atoms with van der Waals surface area (Å²) in [6.45, 7) is 5.89. The number of hydrogen-bond acceptors (Lipinski definition) is 4. The third-order valence-electron chi connectivity index (χ3n) is 2.39. The van der Waals surface area contributed by atoms with Crippen LogP contribution in [-0.4, -0.2) is 21.3 Å². The minimum absolute atomic E-state index is 0.747. The standard InChI is InChI=1S/C13H18N4O/c1-3-7-17-10-12(9-16-17)18-11-5-6-15-13(8-11)14-4-2/h5-6,8-10H,3-4,7H2,1-2H3,(H,14,15). The Morgan fingerprint density at radius 2 is 2.22 bits per heavy atom. The Morgan fingerprint density at radius 1 is 1.33 bits per heavy atom. The second kappa shape index (κ2) is 6.05. The number of hydrogen-bond donors (Lipinski definition) is 1. The first-order valence-corrected chi connectivity index (χ1v) is 6.22. The number of pyridine rings is 1. The maximum atomic E-state index is 5.73. The lowest BCUT2D eigenvalue weighted by atomic mass is 10.4. The Kier molecular flexibility index (Phi) is 4.17. The lowest BCUT2D eigenvalue weighted by Crippen LogP contribution is -1.98. The van der Waals surface area contributed by atoms with E-state index in [0.717, 1.165) is 36.8 Å². The molecule has 0 spiro atoms. The van der Waals surface area contributed by atoms with Gasteiger partial charge >= 0.3 is 0 Å². The van der Waals surface area contributed by atoms with Crippen molar-refractivity contribution in [2.75, 3.05) is 11.9 Å². The summed E-state index contributed by atoms with van der Waals surface area (Å²) in [6, 6.07) is 3.71. The van der Waals surface area contributed by atoms with Crippen molar-refractivity contribution < 1.29 is 4.74 Å². The molecule has 0 fully saturated rings. The zero-order valence-electron chi connectivity index (χ0n) is 10.8. The van der Waals surface area contributed by atoms with Crippen LogP contribution in [0.5, 0.6) is 11.5 Å². The highest BCUT2D eigenvalue weighted by atomic mass is 16.5. The molecule has 0 saturated heterocycles. The smallest absolute Gasteiger partial charge is 0.165 e. The predicted octanol–water partition coefficient (Wildman–Crippen LogP) is 2.91. The molecule has 96 valence electrons. The maximum absolute atomic E-state index is 5.73. The quantitative estimate of drug-likeness (QED) is 0.851. The number of ether oxygens (including phenoxy) is 1. The molecule has 0 bridgehead atoms. The maximum Gasteiger partial charge on any atom is 0.165 e. The van der Waals surface area contributed by atoms with Gasteiger partial charge in [0.05, 0.1) is 12.4 Å². The fourth-order valence-electron chi connectivity index (χ4n) is 1.64. The molecule has 18 heavy (non-hydrogen) atoms. The van der Waals surface area contributed by atoms with Gasteiger partial charge in [0.15, 0.2) is 5.75 Å². The van der Waals surface area contributed by atoms with Gasteiger partial charge in [0.2, 0.25) is 0 Å². The van der Waals surface area contributed by atoms with Crippen LogP contribution in [0.3, 0.4) is 0 Å². The molecule has 1 N–H and O–H groups in total. The molecule has 0 unspecified atom stereocenters. The zero-order valence-corrected chi connectivity index (χ0v) is 10.8. The Morgan fingerprint density at radius 3 is 3.00 bits per heavy atom. The first kappa shape index (κ1) is 12.4. The molecule has 0 aromatic carbocycles.